The van der Waals surface area contributed by atoms with Gasteiger partial charge >= 0.3 is 0 Å². The Morgan fingerprint density at radius 1 is 0.487 bits per heavy atom. The molecule has 0 saturated heterocycles. The monoisotopic (exact) mass is 567 g/mol. The minimum absolute atomic E-state index is 0.124. The number of hydrogen-bond acceptors (Lipinski definition) is 12. The first kappa shape index (κ1) is 37.6. The van der Waals surface area contributed by atoms with Gasteiger partial charge in [-0.15, -0.1) is 0 Å². The number of azide groups is 1. The van der Waals surface area contributed by atoms with Gasteiger partial charge in [-0.2, -0.15) is 0 Å². The van der Waals surface area contributed by atoms with E-state index in [0.29, 0.717) is 152 Å². The van der Waals surface area contributed by atoms with Crippen LogP contribution in [0.3, 0.4) is 0 Å². The molecule has 0 radical (unpaired) electrons. The van der Waals surface area contributed by atoms with Crippen LogP contribution < -0.4 is 0 Å². The van der Waals surface area contributed by atoms with Crippen LogP contribution in [0.4, 0.5) is 0 Å². The fraction of sp³-hybridized carbons (Fsp3) is 0.960. The summed E-state index contributed by atoms with van der Waals surface area (Å²) in [5.41, 5.74) is 8.14. The summed E-state index contributed by atoms with van der Waals surface area (Å²) in [5, 5.41) is 3.43. The van der Waals surface area contributed by atoms with Crippen molar-refractivity contribution in [1.82, 2.24) is 0 Å². The quantitative estimate of drug-likeness (QED) is 0.0483. The molecule has 0 aromatic carbocycles. The molecule has 0 spiro atoms. The maximum Gasteiger partial charge on any atom is 0.132 e. The Kier molecular flexibility index (Phi) is 33.3. The Morgan fingerprint density at radius 2 is 0.744 bits per heavy atom. The second kappa shape index (κ2) is 34.6. The highest BCUT2D eigenvalue weighted by atomic mass is 16.6. The van der Waals surface area contributed by atoms with Crippen molar-refractivity contribution in [2.24, 2.45) is 5.11 Å². The largest absolute Gasteiger partial charge is 0.379 e. The molecule has 0 rings (SSSR count). The van der Waals surface area contributed by atoms with Gasteiger partial charge < -0.3 is 47.4 Å². The maximum absolute atomic E-state index is 10.8. The van der Waals surface area contributed by atoms with Crippen molar-refractivity contribution in [2.45, 2.75) is 19.8 Å². The van der Waals surface area contributed by atoms with Gasteiger partial charge in [0.1, 0.15) is 5.78 Å². The van der Waals surface area contributed by atoms with Crippen molar-refractivity contribution in [1.29, 1.82) is 0 Å². The second-order valence-electron chi connectivity index (χ2n) is 7.88. The Bertz CT molecular complexity index is 523. The standard InChI is InChI=1S/C25H49N3O11/c1-25(29)3-6-31-8-10-33-12-14-35-16-18-37-20-22-39-24-23-38-21-19-36-17-15-34-13-11-32-9-7-30-5-2-4-27-28-26/h2-24H2,1H3. The summed E-state index contributed by atoms with van der Waals surface area (Å²) >= 11 is 0. The number of Topliss-reactive ketones (excluding diaryl/α,β-unsaturated/α-hetero) is 1. The molecule has 0 atom stereocenters. The van der Waals surface area contributed by atoms with Gasteiger partial charge in [0.15, 0.2) is 0 Å². The van der Waals surface area contributed by atoms with Crippen LogP contribution in [-0.2, 0) is 52.2 Å². The van der Waals surface area contributed by atoms with E-state index in [9.17, 15) is 4.79 Å². The van der Waals surface area contributed by atoms with Gasteiger partial charge in [0.05, 0.1) is 126 Å². The van der Waals surface area contributed by atoms with Gasteiger partial charge in [-0.25, -0.2) is 0 Å². The average molecular weight is 568 g/mol. The van der Waals surface area contributed by atoms with E-state index in [1.165, 1.54) is 0 Å². The molecule has 0 bridgehead atoms. The molecule has 230 valence electrons. The first-order valence-corrected chi connectivity index (χ1v) is 13.5. The van der Waals surface area contributed by atoms with Crippen molar-refractivity contribution in [3.05, 3.63) is 10.4 Å². The molecule has 0 amide bonds. The number of ether oxygens (including phenoxy) is 10. The second-order valence-corrected chi connectivity index (χ2v) is 7.88. The molecular formula is C25H49N3O11. The highest BCUT2D eigenvalue weighted by Gasteiger charge is 1.96. The van der Waals surface area contributed by atoms with E-state index in [-0.39, 0.29) is 5.78 Å². The lowest BCUT2D eigenvalue weighted by atomic mass is 10.3. The number of hydrogen-bond donors (Lipinski definition) is 0. The Balaban J connectivity index is 3.04. The third-order valence-corrected chi connectivity index (χ3v) is 4.56. The molecule has 0 aliphatic heterocycles. The summed E-state index contributed by atoms with van der Waals surface area (Å²) in [6.07, 6.45) is 1.15. The number of nitrogens with zero attached hydrogens (tertiary/aromatic N) is 3. The zero-order valence-electron chi connectivity index (χ0n) is 23.6. The van der Waals surface area contributed by atoms with E-state index in [1.54, 1.807) is 6.92 Å². The molecule has 0 aliphatic carbocycles. The molecular weight excluding hydrogens is 518 g/mol. The fourth-order valence-electron chi connectivity index (χ4n) is 2.58. The van der Waals surface area contributed by atoms with E-state index in [1.807, 2.05) is 0 Å². The predicted molar refractivity (Wildman–Crippen MR) is 142 cm³/mol. The summed E-state index contributed by atoms with van der Waals surface area (Å²) in [6, 6.07) is 0. The molecule has 0 aromatic heterocycles. The summed E-state index contributed by atoms with van der Waals surface area (Å²) in [7, 11) is 0. The molecule has 0 aliphatic rings. The normalized spacial score (nSPS) is 11.1. The van der Waals surface area contributed by atoms with E-state index in [0.717, 1.165) is 0 Å². The van der Waals surface area contributed by atoms with E-state index < -0.39 is 0 Å². The molecule has 0 N–H and O–H groups in total. The van der Waals surface area contributed by atoms with Crippen LogP contribution in [0.15, 0.2) is 5.11 Å². The molecule has 39 heavy (non-hydrogen) atoms. The van der Waals surface area contributed by atoms with Crippen LogP contribution in [0.1, 0.15) is 19.8 Å². The first-order valence-electron chi connectivity index (χ1n) is 13.5. The average Bonchev–Trinajstić information content (AvgIpc) is 2.93. The zero-order valence-corrected chi connectivity index (χ0v) is 23.6. The Labute approximate surface area is 232 Å². The number of carbonyl (C=O) groups is 1. The van der Waals surface area contributed by atoms with E-state index in [4.69, 9.17) is 52.9 Å². The van der Waals surface area contributed by atoms with E-state index in [2.05, 4.69) is 10.0 Å². The lowest BCUT2D eigenvalue weighted by molar-refractivity contribution is -0.118. The molecule has 0 saturated carbocycles. The highest BCUT2D eigenvalue weighted by Crippen LogP contribution is 1.88. The van der Waals surface area contributed by atoms with Crippen molar-refractivity contribution < 1.29 is 52.2 Å². The van der Waals surface area contributed by atoms with Crippen LogP contribution in [-0.4, -0.2) is 144 Å². The van der Waals surface area contributed by atoms with Gasteiger partial charge in [0.2, 0.25) is 0 Å². The van der Waals surface area contributed by atoms with Gasteiger partial charge in [0.25, 0.3) is 0 Å². The zero-order chi connectivity index (χ0) is 28.3. The van der Waals surface area contributed by atoms with Crippen molar-refractivity contribution in [2.75, 3.05) is 139 Å². The van der Waals surface area contributed by atoms with Crippen LogP contribution in [0.2, 0.25) is 0 Å². The third kappa shape index (κ3) is 36.6. The predicted octanol–water partition coefficient (Wildman–Crippen LogP) is 1.83. The number of ketones is 1. The van der Waals surface area contributed by atoms with Gasteiger partial charge in [0, 0.05) is 24.5 Å². The van der Waals surface area contributed by atoms with Crippen molar-refractivity contribution in [3.63, 3.8) is 0 Å². The first-order chi connectivity index (χ1) is 19.3. The molecule has 0 heterocycles. The molecule has 14 nitrogen and oxygen atoms in total. The smallest absolute Gasteiger partial charge is 0.132 e. The Hall–Kier alpha value is -1.42. The molecule has 0 unspecified atom stereocenters. The van der Waals surface area contributed by atoms with Crippen LogP contribution in [0.25, 0.3) is 10.4 Å². The van der Waals surface area contributed by atoms with Crippen molar-refractivity contribution in [3.8, 4) is 0 Å². The van der Waals surface area contributed by atoms with E-state index >= 15 is 0 Å². The Morgan fingerprint density at radius 3 is 1.00 bits per heavy atom. The highest BCUT2D eigenvalue weighted by molar-refractivity contribution is 5.75. The minimum Gasteiger partial charge on any atom is -0.379 e. The topological polar surface area (TPSA) is 158 Å². The van der Waals surface area contributed by atoms with Gasteiger partial charge in [-0.05, 0) is 18.9 Å². The molecule has 0 fully saturated rings. The summed E-state index contributed by atoms with van der Waals surface area (Å²) in [5.74, 6) is 0.124. The fourth-order valence-corrected chi connectivity index (χ4v) is 2.58. The van der Waals surface area contributed by atoms with Crippen molar-refractivity contribution >= 4 is 5.78 Å². The summed E-state index contributed by atoms with van der Waals surface area (Å²) in [4.78, 5) is 13.4. The third-order valence-electron chi connectivity index (χ3n) is 4.56. The van der Waals surface area contributed by atoms with Crippen LogP contribution in [0.5, 0.6) is 0 Å². The minimum atomic E-state index is 0.124. The number of rotatable bonds is 34. The summed E-state index contributed by atoms with van der Waals surface area (Å²) in [6.45, 7) is 12.0. The molecule has 0 aromatic rings. The SMILES string of the molecule is CC(=O)CCOCCOCCOCCOCCOCCOCCOCCOCCOCCOCCCN=[N+]=[N-]. The lowest BCUT2D eigenvalue weighted by Gasteiger charge is -2.09. The van der Waals surface area contributed by atoms with Gasteiger partial charge in [-0.1, -0.05) is 5.11 Å². The molecule has 14 heteroatoms. The van der Waals surface area contributed by atoms with Crippen LogP contribution >= 0.6 is 0 Å². The number of carbonyl (C=O) groups excluding carboxylic acids is 1. The van der Waals surface area contributed by atoms with Crippen LogP contribution in [0, 0.1) is 0 Å². The lowest BCUT2D eigenvalue weighted by Crippen LogP contribution is -2.15. The maximum atomic E-state index is 10.8. The summed E-state index contributed by atoms with van der Waals surface area (Å²) < 4.78 is 53.9. The van der Waals surface area contributed by atoms with Gasteiger partial charge in [-0.3, -0.25) is 4.79 Å².